The summed E-state index contributed by atoms with van der Waals surface area (Å²) in [6.07, 6.45) is 1.44. The van der Waals surface area contributed by atoms with Crippen molar-refractivity contribution in [1.82, 2.24) is 20.9 Å². The lowest BCUT2D eigenvalue weighted by atomic mass is 10.2. The highest BCUT2D eigenvalue weighted by Crippen LogP contribution is 2.21. The fourth-order valence-corrected chi connectivity index (χ4v) is 2.52. The molecule has 1 radical (unpaired) electrons. The van der Waals surface area contributed by atoms with Gasteiger partial charge in [0.25, 0.3) is 5.91 Å². The quantitative estimate of drug-likeness (QED) is 0.741. The van der Waals surface area contributed by atoms with E-state index >= 15 is 0 Å². The molecular weight excluding hydrogens is 314 g/mol. The van der Waals surface area contributed by atoms with Crippen LogP contribution in [0.15, 0.2) is 48.7 Å². The molecule has 0 fully saturated rings. The van der Waals surface area contributed by atoms with Crippen LogP contribution < -0.4 is 11.1 Å². The molecule has 0 saturated heterocycles. The molecule has 0 aliphatic rings. The first-order chi connectivity index (χ1) is 11.1. The lowest BCUT2D eigenvalue weighted by Gasteiger charge is -2.00. The van der Waals surface area contributed by atoms with Gasteiger partial charge >= 0.3 is 0 Å². The Hall–Kier alpha value is -3.13. The maximum atomic E-state index is 12.3. The van der Waals surface area contributed by atoms with Crippen molar-refractivity contribution in [3.8, 4) is 0 Å². The van der Waals surface area contributed by atoms with Gasteiger partial charge < -0.3 is 0 Å². The summed E-state index contributed by atoms with van der Waals surface area (Å²) in [5.74, 6) is -0.897. The number of hydrogen-bond donors (Lipinski definition) is 1. The first kappa shape index (κ1) is 14.8. The molecule has 3 rings (SSSR count). The molecule has 0 aliphatic heterocycles. The minimum absolute atomic E-state index is 0.0925. The van der Waals surface area contributed by atoms with E-state index < -0.39 is 5.78 Å². The van der Waals surface area contributed by atoms with Gasteiger partial charge in [-0.15, -0.1) is 10.2 Å². The van der Waals surface area contributed by atoms with Crippen LogP contribution in [0.4, 0.5) is 10.9 Å². The summed E-state index contributed by atoms with van der Waals surface area (Å²) in [5, 5.41) is 10.5. The van der Waals surface area contributed by atoms with E-state index in [2.05, 4.69) is 20.5 Å². The molecule has 7 nitrogen and oxygen atoms in total. The van der Waals surface area contributed by atoms with Crippen LogP contribution in [0.5, 0.6) is 0 Å². The first-order valence-corrected chi connectivity index (χ1v) is 7.38. The Bertz CT molecular complexity index is 863. The van der Waals surface area contributed by atoms with Crippen LogP contribution in [0.25, 0.3) is 0 Å². The number of nitrogens with zero attached hydrogens (tertiary/aromatic N) is 3. The second kappa shape index (κ2) is 6.32. The van der Waals surface area contributed by atoms with Crippen LogP contribution in [-0.4, -0.2) is 26.9 Å². The lowest BCUT2D eigenvalue weighted by Crippen LogP contribution is -2.11. The number of amides is 1. The fraction of sp³-hybridized carbons (Fsp3) is 0. The highest BCUT2D eigenvalue weighted by atomic mass is 32.1. The Morgan fingerprint density at radius 3 is 2.57 bits per heavy atom. The summed E-state index contributed by atoms with van der Waals surface area (Å²) in [7, 11) is 0. The van der Waals surface area contributed by atoms with E-state index in [-0.39, 0.29) is 27.4 Å². The summed E-state index contributed by atoms with van der Waals surface area (Å²) < 4.78 is 0. The van der Waals surface area contributed by atoms with Gasteiger partial charge in [0.15, 0.2) is 10.8 Å². The van der Waals surface area contributed by atoms with Crippen LogP contribution in [-0.2, 0) is 0 Å². The third-order valence-electron chi connectivity index (χ3n) is 2.93. The molecule has 0 spiro atoms. The van der Waals surface area contributed by atoms with Crippen molar-refractivity contribution in [2.75, 3.05) is 5.32 Å². The predicted molar refractivity (Wildman–Crippen MR) is 84.7 cm³/mol. The Labute approximate surface area is 135 Å². The van der Waals surface area contributed by atoms with Gasteiger partial charge in [-0.3, -0.25) is 20.6 Å². The average Bonchev–Trinajstić information content (AvgIpc) is 3.04. The zero-order valence-corrected chi connectivity index (χ0v) is 12.5. The highest BCUT2D eigenvalue weighted by Gasteiger charge is 2.19. The van der Waals surface area contributed by atoms with Gasteiger partial charge in [0.1, 0.15) is 0 Å². The van der Waals surface area contributed by atoms with Gasteiger partial charge in [-0.05, 0) is 24.3 Å². The Morgan fingerprint density at radius 2 is 1.83 bits per heavy atom. The molecule has 0 aliphatic carbocycles. The van der Waals surface area contributed by atoms with Gasteiger partial charge in [-0.2, -0.15) is 0 Å². The number of pyridine rings is 1. The number of hydrogen-bond acceptors (Lipinski definition) is 6. The predicted octanol–water partition coefficient (Wildman–Crippen LogP) is 2.33. The van der Waals surface area contributed by atoms with Crippen molar-refractivity contribution >= 4 is 34.0 Å². The molecule has 1 aromatic carbocycles. The molecule has 0 bridgehead atoms. The van der Waals surface area contributed by atoms with Crippen LogP contribution >= 0.6 is 11.3 Å². The molecule has 2 N–H and O–H groups in total. The monoisotopic (exact) mass is 324 g/mol. The van der Waals surface area contributed by atoms with Crippen molar-refractivity contribution < 1.29 is 9.59 Å². The number of carbonyl (C=O) groups is 2. The summed E-state index contributed by atoms with van der Waals surface area (Å²) in [6.45, 7) is 0. The summed E-state index contributed by atoms with van der Waals surface area (Å²) >= 11 is 0.953. The standard InChI is InChI=1S/C15H10N5O2S/c16-12-10(7-4-8-17-12)11(21)14-19-20-15(23-14)18-13(22)9-5-2-1-3-6-9/h1-8,16H,(H,18,20,22). The second-order valence-corrected chi connectivity index (χ2v) is 5.44. The number of anilines is 1. The number of rotatable bonds is 4. The van der Waals surface area contributed by atoms with Gasteiger partial charge in [-0.25, -0.2) is 4.98 Å². The van der Waals surface area contributed by atoms with E-state index in [4.69, 9.17) is 5.73 Å². The van der Waals surface area contributed by atoms with Gasteiger partial charge in [0.05, 0.1) is 5.56 Å². The van der Waals surface area contributed by atoms with Crippen LogP contribution in [0, 0.1) is 0 Å². The molecular formula is C15H10N5O2S. The number of nitrogens with one attached hydrogen (secondary N) is 2. The van der Waals surface area contributed by atoms with E-state index in [0.29, 0.717) is 5.56 Å². The Balaban J connectivity index is 1.77. The van der Waals surface area contributed by atoms with E-state index in [1.807, 2.05) is 6.07 Å². The van der Waals surface area contributed by atoms with Crippen LogP contribution in [0.3, 0.4) is 0 Å². The third kappa shape index (κ3) is 3.22. The minimum atomic E-state index is -0.444. The average molecular weight is 324 g/mol. The van der Waals surface area contributed by atoms with E-state index in [1.54, 1.807) is 30.3 Å². The summed E-state index contributed by atoms with van der Waals surface area (Å²) in [5.41, 5.74) is 8.26. The van der Waals surface area contributed by atoms with Gasteiger partial charge in [0, 0.05) is 11.8 Å². The topological polar surface area (TPSA) is 109 Å². The Morgan fingerprint density at radius 1 is 1.04 bits per heavy atom. The van der Waals surface area contributed by atoms with E-state index in [0.717, 1.165) is 11.3 Å². The molecule has 0 saturated carbocycles. The molecule has 2 aromatic heterocycles. The number of aromatic nitrogens is 3. The molecule has 8 heteroatoms. The van der Waals surface area contributed by atoms with Gasteiger partial charge in [-0.1, -0.05) is 29.5 Å². The van der Waals surface area contributed by atoms with Crippen LogP contribution in [0.1, 0.15) is 25.7 Å². The normalized spacial score (nSPS) is 10.3. The minimum Gasteiger partial charge on any atom is -0.296 e. The molecule has 113 valence electrons. The van der Waals surface area contributed by atoms with E-state index in [1.165, 1.54) is 12.3 Å². The highest BCUT2D eigenvalue weighted by molar-refractivity contribution is 7.17. The van der Waals surface area contributed by atoms with Gasteiger partial charge in [0.2, 0.25) is 10.9 Å². The summed E-state index contributed by atoms with van der Waals surface area (Å²) in [6, 6.07) is 11.7. The second-order valence-electron chi connectivity index (χ2n) is 4.46. The van der Waals surface area contributed by atoms with E-state index in [9.17, 15) is 9.59 Å². The fourth-order valence-electron chi connectivity index (χ4n) is 1.83. The van der Waals surface area contributed by atoms with Crippen molar-refractivity contribution in [1.29, 1.82) is 0 Å². The maximum absolute atomic E-state index is 12.3. The molecule has 0 unspecified atom stereocenters. The van der Waals surface area contributed by atoms with Crippen molar-refractivity contribution in [2.24, 2.45) is 0 Å². The lowest BCUT2D eigenvalue weighted by molar-refractivity contribution is 0.102. The third-order valence-corrected chi connectivity index (χ3v) is 3.77. The molecule has 3 aromatic rings. The van der Waals surface area contributed by atoms with Crippen molar-refractivity contribution in [3.05, 3.63) is 64.8 Å². The van der Waals surface area contributed by atoms with Crippen molar-refractivity contribution in [3.63, 3.8) is 0 Å². The largest absolute Gasteiger partial charge is 0.296 e. The first-order valence-electron chi connectivity index (χ1n) is 6.56. The SMILES string of the molecule is [NH]c1ncccc1C(=O)c1nnc(NC(=O)c2ccccc2)s1. The van der Waals surface area contributed by atoms with Crippen LogP contribution in [0.2, 0.25) is 0 Å². The zero-order chi connectivity index (χ0) is 16.2. The summed E-state index contributed by atoms with van der Waals surface area (Å²) in [4.78, 5) is 28.0. The smallest absolute Gasteiger partial charge is 0.257 e. The molecule has 2 heterocycles. The maximum Gasteiger partial charge on any atom is 0.257 e. The van der Waals surface area contributed by atoms with Crippen molar-refractivity contribution in [2.45, 2.75) is 0 Å². The zero-order valence-electron chi connectivity index (χ0n) is 11.7. The Kier molecular flexibility index (Phi) is 4.07. The molecule has 1 amide bonds. The number of carbonyl (C=O) groups excluding carboxylic acids is 2. The number of ketones is 1. The molecule has 23 heavy (non-hydrogen) atoms. The molecule has 0 atom stereocenters. The number of benzene rings is 1.